The Kier molecular flexibility index (Phi) is 62.0. The summed E-state index contributed by atoms with van der Waals surface area (Å²) in [5.41, 5.74) is -4.67. The lowest BCUT2D eigenvalue weighted by molar-refractivity contribution is -0.151. The minimum absolute atomic E-state index is 0. The Morgan fingerprint density at radius 1 is 0.318 bits per heavy atom. The van der Waals surface area contributed by atoms with Crippen LogP contribution in [0.2, 0.25) is 0 Å². The van der Waals surface area contributed by atoms with E-state index in [-0.39, 0.29) is 46.4 Å². The Hall–Kier alpha value is -7.57. The molecule has 0 spiro atoms. The van der Waals surface area contributed by atoms with Crippen LogP contribution in [0.1, 0.15) is 47.0 Å². The van der Waals surface area contributed by atoms with Crippen molar-refractivity contribution in [2.75, 3.05) is 145 Å². The highest BCUT2D eigenvalue weighted by Crippen LogP contribution is 2.35. The summed E-state index contributed by atoms with van der Waals surface area (Å²) < 4.78 is 11.5. The van der Waals surface area contributed by atoms with Crippen LogP contribution in [0.25, 0.3) is 0 Å². The van der Waals surface area contributed by atoms with Crippen molar-refractivity contribution in [3.05, 3.63) is 0 Å². The quantitative estimate of drug-likeness (QED) is 0.0251. The maximum Gasteiger partial charge on any atom is 0.339 e. The largest absolute Gasteiger partial charge is 0.480 e. The monoisotopic (exact) mass is 1960 g/mol. The minimum atomic E-state index is -4.57. The van der Waals surface area contributed by atoms with Crippen LogP contribution in [0, 0.1) is 10.8 Å². The Labute approximate surface area is 751 Å². The van der Waals surface area contributed by atoms with E-state index in [0.717, 1.165) is 16.8 Å². The summed E-state index contributed by atoms with van der Waals surface area (Å²) >= 11 is 0. The van der Waals surface area contributed by atoms with Crippen molar-refractivity contribution in [2.24, 2.45) is 10.8 Å². The number of aliphatic carboxylic acids is 4. The third-order valence-corrected chi connectivity index (χ3v) is 21.1. The molecule has 0 aliphatic heterocycles. The summed E-state index contributed by atoms with van der Waals surface area (Å²) in [5.74, 6) is -17.5. The van der Waals surface area contributed by atoms with Crippen LogP contribution < -0.4 is 47.9 Å². The molecule has 0 radical (unpaired) electrons. The summed E-state index contributed by atoms with van der Waals surface area (Å²) in [6.45, 7) is -15.0. The topological polar surface area (TPSA) is 1070 Å². The first-order valence-electron chi connectivity index (χ1n) is 39.8. The van der Waals surface area contributed by atoms with E-state index >= 15 is 0 Å². The van der Waals surface area contributed by atoms with E-state index in [1.165, 1.54) is 4.90 Å². The predicted molar refractivity (Wildman–Crippen MR) is 435 cm³/mol. The number of carbonyl (C=O) groups is 12. The zero-order valence-corrected chi connectivity index (χ0v) is 71.9. The average Bonchev–Trinajstić information content (AvgIpc) is 0.827. The zero-order chi connectivity index (χ0) is 102. The van der Waals surface area contributed by atoms with E-state index in [2.05, 4.69) is 16.0 Å². The molecular weight excluding hydrogens is 1820 g/mol. The molecule has 8 amide bonds. The molecule has 45 N–H and O–H groups in total. The number of likely N-dealkylation sites (N-methyl/N-ethyl adjacent to an activating group) is 1. The standard InChI is InChI=1S/C52H99N9O38.C17H32N3O11P.CH4/c1-53-18(44(93)55-11-52(15-59-48(97)41(90)35(84)29(78)22(71)7-65,16-60-49(98)42(91)36(85)30(79)23(72)8-66)17-61-50(99)43(92)37(86)31(80)24(73)9-67)2-3-25(74)54-10-51(12-56-45(94)38(87)32(81)26(75)19(68)4-62,13-57-46(95)39(88)33(82)27(76)20(69)5-63)14-58-47(96)40(89)34(83)28(77)21(70)6-64;1-3-12(16(25)26)19(9-14(21)22)7-5-18(11-32(29,30)31)6-8-20(10-15(23)24)13(4-2)17(27)28;/h18-24,26-43,53,62-73,75-92H,2-17H2,1H3,(H,54,74)(H,55,93)(H,56,94)(H,57,95)(H,58,96)(H,59,97)(H,60,98)(H,61,99);12-13H,3-11H2,1-2H3,(H,21,22)(H,23,24)(H,25,26)(H,27,28)(H2,29,30,31);1H4/t18-,19?,20?,21?,22?,23?,24?,26?,27?,28?,29?,30?,31?,32?,33?,34?,35?,36?,37?,38?,39?,40?,41?,42?,43?,51?,52?;;/m0../s1. The molecule has 26 unspecified atom stereocenters. The van der Waals surface area contributed by atoms with Gasteiger partial charge in [0.1, 0.15) is 128 Å². The fourth-order valence-electron chi connectivity index (χ4n) is 11.8. The number of nitrogens with one attached hydrogen (secondary N) is 9. The first-order chi connectivity index (χ1) is 60.7. The number of hydrogen-bond acceptors (Lipinski definition) is 47. The molecule has 0 saturated heterocycles. The van der Waals surface area contributed by atoms with Gasteiger partial charge in [-0.25, -0.2) is 0 Å². The molecular formula is C70H135N12O49P. The lowest BCUT2D eigenvalue weighted by Crippen LogP contribution is -2.62. The van der Waals surface area contributed by atoms with Crippen LogP contribution in [0.3, 0.4) is 0 Å². The van der Waals surface area contributed by atoms with Crippen molar-refractivity contribution < 1.29 is 246 Å². The van der Waals surface area contributed by atoms with E-state index in [0.29, 0.717) is 0 Å². The normalized spacial score (nSPS) is 19.0. The van der Waals surface area contributed by atoms with Gasteiger partial charge in [0.05, 0.1) is 58.8 Å². The highest BCUT2D eigenvalue weighted by atomic mass is 31.2. The van der Waals surface area contributed by atoms with Gasteiger partial charge in [0.25, 0.3) is 35.4 Å². The number of amides is 8. The number of rotatable bonds is 69. The van der Waals surface area contributed by atoms with E-state index in [1.807, 2.05) is 31.9 Å². The molecule has 774 valence electrons. The molecule has 0 saturated carbocycles. The Bertz CT molecular complexity index is 3240. The summed E-state index contributed by atoms with van der Waals surface area (Å²) in [5, 5.41) is 358. The number of aliphatic hydroxyl groups is 30. The first kappa shape index (κ1) is 129. The number of hydrogen-bond donors (Lipinski definition) is 45. The van der Waals surface area contributed by atoms with Crippen LogP contribution in [-0.2, 0) is 62.1 Å². The summed E-state index contributed by atoms with van der Waals surface area (Å²) in [6, 6.07) is -3.88. The van der Waals surface area contributed by atoms with Crippen molar-refractivity contribution >= 4 is 78.7 Å². The summed E-state index contributed by atoms with van der Waals surface area (Å²) in [4.78, 5) is 175. The van der Waals surface area contributed by atoms with Crippen molar-refractivity contribution in [2.45, 2.75) is 212 Å². The Balaban J connectivity index is -0.00000423. The van der Waals surface area contributed by atoms with Crippen molar-refractivity contribution in [1.82, 2.24) is 62.6 Å². The van der Waals surface area contributed by atoms with Gasteiger partial charge in [-0.05, 0) is 26.3 Å². The van der Waals surface area contributed by atoms with Crippen molar-refractivity contribution in [3.63, 3.8) is 0 Å². The molecule has 0 aliphatic rings. The number of nitrogens with zero attached hydrogens (tertiary/aromatic N) is 3. The molecule has 61 nitrogen and oxygen atoms in total. The SMILES string of the molecule is C.CCC(C(=O)O)N(CCN(CCN(CC(=O)O)C(CC)C(=O)O)CP(=O)(O)O)CC(=O)O.CN[C@@H](CCC(=O)NCC(CNC(=O)C(O)C(O)C(O)C(O)CO)(CNC(=O)C(O)C(O)C(O)C(O)CO)CNC(=O)C(O)C(O)C(O)C(O)CO)C(=O)NCC(CNC(=O)C(O)C(O)C(O)C(O)CO)(CNC(=O)C(O)C(O)C(O)C(O)CO)CNC(=O)C(O)C(O)C(O)C(O)CO. The lowest BCUT2D eigenvalue weighted by Gasteiger charge is -2.37. The van der Waals surface area contributed by atoms with Crippen LogP contribution in [0.5, 0.6) is 0 Å². The maximum absolute atomic E-state index is 14.1. The van der Waals surface area contributed by atoms with Gasteiger partial charge in [0.15, 0.2) is 36.6 Å². The molecule has 0 aromatic carbocycles. The van der Waals surface area contributed by atoms with Crippen LogP contribution in [-0.4, -0.2) is 578 Å². The number of carbonyl (C=O) groups excluding carboxylic acids is 8. The Morgan fingerprint density at radius 2 is 0.523 bits per heavy atom. The minimum Gasteiger partial charge on any atom is -0.480 e. The average molecular weight is 1960 g/mol. The third-order valence-electron chi connectivity index (χ3n) is 20.3. The van der Waals surface area contributed by atoms with Crippen LogP contribution in [0.4, 0.5) is 0 Å². The number of carboxylic acid groups (broad SMARTS) is 4. The molecule has 0 aromatic rings. The van der Waals surface area contributed by atoms with Gasteiger partial charge < -0.3 is 231 Å². The first-order valence-corrected chi connectivity index (χ1v) is 41.6. The van der Waals surface area contributed by atoms with E-state index in [1.54, 1.807) is 13.8 Å². The highest BCUT2D eigenvalue weighted by Gasteiger charge is 2.46. The van der Waals surface area contributed by atoms with Crippen LogP contribution >= 0.6 is 7.60 Å². The van der Waals surface area contributed by atoms with Gasteiger partial charge in [0.2, 0.25) is 11.8 Å². The summed E-state index contributed by atoms with van der Waals surface area (Å²) in [6.07, 6.45) is -61.9. The smallest absolute Gasteiger partial charge is 0.339 e. The molecule has 0 heterocycles. The van der Waals surface area contributed by atoms with Gasteiger partial charge in [-0.2, -0.15) is 0 Å². The van der Waals surface area contributed by atoms with E-state index in [4.69, 9.17) is 10.2 Å². The van der Waals surface area contributed by atoms with Gasteiger partial charge in [0, 0.05) is 95.8 Å². The molecule has 62 heteroatoms. The summed E-state index contributed by atoms with van der Waals surface area (Å²) in [7, 11) is -3.47. The molecule has 27 atom stereocenters. The van der Waals surface area contributed by atoms with Crippen LogP contribution in [0.15, 0.2) is 0 Å². The lowest BCUT2D eigenvalue weighted by atomic mass is 9.86. The third kappa shape index (κ3) is 44.1. The van der Waals surface area contributed by atoms with E-state index in [9.17, 15) is 235 Å². The maximum atomic E-state index is 14.1. The highest BCUT2D eigenvalue weighted by molar-refractivity contribution is 7.51. The molecule has 0 bridgehead atoms. The molecule has 0 aromatic heterocycles. The van der Waals surface area contributed by atoms with Gasteiger partial charge in [-0.1, -0.05) is 21.3 Å². The van der Waals surface area contributed by atoms with Gasteiger partial charge >= 0.3 is 31.5 Å². The fraction of sp³-hybridized carbons (Fsp3) is 0.829. The second-order valence-electron chi connectivity index (χ2n) is 30.4. The van der Waals surface area contributed by atoms with Crippen molar-refractivity contribution in [3.8, 4) is 0 Å². The van der Waals surface area contributed by atoms with E-state index < -0.39 is 378 Å². The molecule has 0 aliphatic carbocycles. The van der Waals surface area contributed by atoms with Crippen molar-refractivity contribution in [1.29, 1.82) is 0 Å². The van der Waals surface area contributed by atoms with Gasteiger partial charge in [-0.15, -0.1) is 0 Å². The van der Waals surface area contributed by atoms with Gasteiger partial charge in [-0.3, -0.25) is 76.8 Å². The number of carboxylic acids is 4. The second-order valence-corrected chi connectivity index (χ2v) is 32.0. The molecule has 132 heavy (non-hydrogen) atoms. The second kappa shape index (κ2) is 63.7. The molecule has 0 rings (SSSR count). The zero-order valence-electron chi connectivity index (χ0n) is 71.0. The molecule has 0 fully saturated rings. The Morgan fingerprint density at radius 3 is 0.697 bits per heavy atom. The predicted octanol–water partition coefficient (Wildman–Crippen LogP) is -25.6. The fourth-order valence-corrected chi connectivity index (χ4v) is 12.6. The number of aliphatic hydroxyl groups excluding tert-OH is 30.